The molecule has 0 heterocycles. The predicted molar refractivity (Wildman–Crippen MR) is 28.3 cm³/mol. The van der Waals surface area contributed by atoms with Crippen LogP contribution in [0, 0.1) is 6.08 Å². The van der Waals surface area contributed by atoms with Gasteiger partial charge >= 0.3 is 7.60 Å². The van der Waals surface area contributed by atoms with Gasteiger partial charge in [-0.2, -0.15) is 0 Å². The Balaban J connectivity index is 2.61. The van der Waals surface area contributed by atoms with E-state index in [1.165, 1.54) is 0 Å². The molecule has 8 heavy (non-hydrogen) atoms. The summed E-state index contributed by atoms with van der Waals surface area (Å²) in [5.41, 5.74) is -0.609. The number of hydrogen-bond acceptors (Lipinski definition) is 1. The highest BCUT2D eigenvalue weighted by Crippen LogP contribution is 2.46. The highest BCUT2D eigenvalue weighted by Gasteiger charge is 2.29. The van der Waals surface area contributed by atoms with Crippen LogP contribution in [-0.2, 0) is 4.57 Å². The van der Waals surface area contributed by atoms with E-state index in [9.17, 15) is 4.57 Å². The van der Waals surface area contributed by atoms with Crippen molar-refractivity contribution in [1.82, 2.24) is 0 Å². The molecule has 3 nitrogen and oxygen atoms in total. The fourth-order valence-electron chi connectivity index (χ4n) is 0.458. The van der Waals surface area contributed by atoms with Gasteiger partial charge in [-0.15, -0.1) is 0 Å². The summed E-state index contributed by atoms with van der Waals surface area (Å²) < 4.78 is 10.2. The first-order valence-electron chi connectivity index (χ1n) is 2.23. The van der Waals surface area contributed by atoms with Gasteiger partial charge in [0.05, 0.1) is 5.66 Å². The molecule has 0 spiro atoms. The number of allylic oxidation sites excluding steroid dienone is 2. The van der Waals surface area contributed by atoms with Gasteiger partial charge in [0.2, 0.25) is 0 Å². The second-order valence-electron chi connectivity index (χ2n) is 1.71. The molecule has 45 valence electrons. The molecule has 0 saturated heterocycles. The summed E-state index contributed by atoms with van der Waals surface area (Å²) in [7, 11) is -3.81. The molecular weight excluding hydrogens is 127 g/mol. The van der Waals surface area contributed by atoms with Gasteiger partial charge in [0, 0.05) is 0 Å². The van der Waals surface area contributed by atoms with E-state index in [1.807, 2.05) is 0 Å². The standard InChI is InChI=1S/C4H6O3P/c5-8(6,7)4-2-1-3-4/h1,4H,2H2,(H2,5,6,7). The molecule has 1 rings (SSSR count). The van der Waals surface area contributed by atoms with Crippen LogP contribution >= 0.6 is 7.60 Å². The minimum Gasteiger partial charge on any atom is -0.324 e. The van der Waals surface area contributed by atoms with Crippen molar-refractivity contribution in [1.29, 1.82) is 0 Å². The van der Waals surface area contributed by atoms with Gasteiger partial charge in [0.1, 0.15) is 0 Å². The van der Waals surface area contributed by atoms with Crippen LogP contribution in [0.15, 0.2) is 6.08 Å². The summed E-state index contributed by atoms with van der Waals surface area (Å²) in [5.74, 6) is 0. The van der Waals surface area contributed by atoms with Gasteiger partial charge in [0.25, 0.3) is 0 Å². The molecule has 0 fully saturated rings. The quantitative estimate of drug-likeness (QED) is 0.505. The van der Waals surface area contributed by atoms with E-state index in [0.717, 1.165) is 0 Å². The first-order chi connectivity index (χ1) is 3.61. The summed E-state index contributed by atoms with van der Waals surface area (Å²) in [6.45, 7) is 0. The van der Waals surface area contributed by atoms with Gasteiger partial charge < -0.3 is 9.79 Å². The van der Waals surface area contributed by atoms with Crippen molar-refractivity contribution in [2.24, 2.45) is 0 Å². The van der Waals surface area contributed by atoms with Crippen LogP contribution < -0.4 is 0 Å². The Kier molecular flexibility index (Phi) is 1.27. The fraction of sp³-hybridized carbons (Fsp3) is 0.500. The van der Waals surface area contributed by atoms with E-state index < -0.39 is 13.3 Å². The lowest BCUT2D eigenvalue weighted by Crippen LogP contribution is -2.10. The van der Waals surface area contributed by atoms with Gasteiger partial charge in [-0.3, -0.25) is 4.57 Å². The lowest BCUT2D eigenvalue weighted by molar-refractivity contribution is 0.361. The molecule has 1 unspecified atom stereocenters. The van der Waals surface area contributed by atoms with Crippen LogP contribution in [0.2, 0.25) is 0 Å². The SMILES string of the molecule is O=P(O)(O)C1[C]=CC1. The van der Waals surface area contributed by atoms with Crippen LogP contribution in [0.1, 0.15) is 6.42 Å². The fourth-order valence-corrected chi connectivity index (χ4v) is 1.14. The van der Waals surface area contributed by atoms with Crippen LogP contribution in [0.4, 0.5) is 0 Å². The second-order valence-corrected chi connectivity index (χ2v) is 3.51. The Morgan fingerprint density at radius 1 is 1.75 bits per heavy atom. The van der Waals surface area contributed by atoms with Crippen molar-refractivity contribution in [2.75, 3.05) is 0 Å². The van der Waals surface area contributed by atoms with Crippen LogP contribution in [-0.4, -0.2) is 15.4 Å². The summed E-state index contributed by atoms with van der Waals surface area (Å²) in [4.78, 5) is 16.7. The van der Waals surface area contributed by atoms with E-state index in [1.54, 1.807) is 6.08 Å². The third-order valence-electron chi connectivity index (χ3n) is 1.06. The molecule has 0 aliphatic heterocycles. The molecular formula is C4H6O3P. The van der Waals surface area contributed by atoms with Crippen LogP contribution in [0.3, 0.4) is 0 Å². The zero-order chi connectivity index (χ0) is 6.20. The summed E-state index contributed by atoms with van der Waals surface area (Å²) in [6, 6.07) is 0. The molecule has 0 aromatic rings. The smallest absolute Gasteiger partial charge is 0.324 e. The van der Waals surface area contributed by atoms with E-state index in [0.29, 0.717) is 6.42 Å². The van der Waals surface area contributed by atoms with Crippen LogP contribution in [0.25, 0.3) is 0 Å². The first kappa shape index (κ1) is 6.02. The Morgan fingerprint density at radius 3 is 2.25 bits per heavy atom. The molecule has 4 heteroatoms. The molecule has 0 saturated carbocycles. The zero-order valence-corrected chi connectivity index (χ0v) is 5.01. The van der Waals surface area contributed by atoms with Gasteiger partial charge in [-0.25, -0.2) is 0 Å². The Hall–Kier alpha value is -0.110. The molecule has 0 aromatic heterocycles. The lowest BCUT2D eigenvalue weighted by atomic mass is 10.1. The minimum atomic E-state index is -3.81. The third-order valence-corrected chi connectivity index (χ3v) is 2.23. The maximum atomic E-state index is 10.2. The Bertz CT molecular complexity index is 157. The van der Waals surface area contributed by atoms with E-state index in [-0.39, 0.29) is 0 Å². The monoisotopic (exact) mass is 133 g/mol. The maximum absolute atomic E-state index is 10.2. The Morgan fingerprint density at radius 2 is 2.25 bits per heavy atom. The molecule has 0 amide bonds. The van der Waals surface area contributed by atoms with Crippen molar-refractivity contribution in [3.63, 3.8) is 0 Å². The van der Waals surface area contributed by atoms with Crippen molar-refractivity contribution >= 4 is 7.60 Å². The average Bonchev–Trinajstić information content (AvgIpc) is 1.16. The van der Waals surface area contributed by atoms with Gasteiger partial charge in [0.15, 0.2) is 0 Å². The number of hydrogen-bond donors (Lipinski definition) is 2. The normalized spacial score (nSPS) is 27.5. The molecule has 1 aliphatic carbocycles. The second kappa shape index (κ2) is 1.69. The topological polar surface area (TPSA) is 57.5 Å². The van der Waals surface area contributed by atoms with E-state index in [4.69, 9.17) is 9.79 Å². The van der Waals surface area contributed by atoms with Gasteiger partial charge in [-0.05, 0) is 12.5 Å². The highest BCUT2D eigenvalue weighted by atomic mass is 31.2. The van der Waals surface area contributed by atoms with Crippen molar-refractivity contribution in [3.05, 3.63) is 12.2 Å². The molecule has 0 aromatic carbocycles. The molecule has 0 bridgehead atoms. The maximum Gasteiger partial charge on any atom is 0.333 e. The molecule has 1 radical (unpaired) electrons. The average molecular weight is 133 g/mol. The third kappa shape index (κ3) is 0.996. The predicted octanol–water partition coefficient (Wildman–Crippen LogP) is 0.296. The molecule has 2 N–H and O–H groups in total. The largest absolute Gasteiger partial charge is 0.333 e. The Labute approximate surface area is 47.2 Å². The van der Waals surface area contributed by atoms with Crippen molar-refractivity contribution < 1.29 is 14.4 Å². The minimum absolute atomic E-state index is 0.476. The van der Waals surface area contributed by atoms with E-state index >= 15 is 0 Å². The lowest BCUT2D eigenvalue weighted by Gasteiger charge is -2.17. The number of rotatable bonds is 1. The summed E-state index contributed by atoms with van der Waals surface area (Å²) in [6.07, 6.45) is 4.60. The van der Waals surface area contributed by atoms with Crippen molar-refractivity contribution in [3.8, 4) is 0 Å². The van der Waals surface area contributed by atoms with Gasteiger partial charge in [-0.1, -0.05) is 6.08 Å². The first-order valence-corrected chi connectivity index (χ1v) is 3.92. The summed E-state index contributed by atoms with van der Waals surface area (Å²) >= 11 is 0. The summed E-state index contributed by atoms with van der Waals surface area (Å²) in [5, 5.41) is 0. The molecule has 1 atom stereocenters. The van der Waals surface area contributed by atoms with Crippen molar-refractivity contribution in [2.45, 2.75) is 12.1 Å². The van der Waals surface area contributed by atoms with Crippen LogP contribution in [0.5, 0.6) is 0 Å². The molecule has 1 aliphatic rings. The highest BCUT2D eigenvalue weighted by molar-refractivity contribution is 7.52. The van der Waals surface area contributed by atoms with E-state index in [2.05, 4.69) is 6.08 Å². The zero-order valence-electron chi connectivity index (χ0n) is 4.11.